The Bertz CT molecular complexity index is 731. The summed E-state index contributed by atoms with van der Waals surface area (Å²) in [6.07, 6.45) is 4.14. The summed E-state index contributed by atoms with van der Waals surface area (Å²) in [5, 5.41) is 13.2. The summed E-state index contributed by atoms with van der Waals surface area (Å²) in [5.41, 5.74) is 1.83. The molecule has 3 aromatic rings. The second kappa shape index (κ2) is 6.28. The molecule has 5 nitrogen and oxygen atoms in total. The maximum atomic E-state index is 8.91. The van der Waals surface area contributed by atoms with Crippen LogP contribution < -0.4 is 5.32 Å². The molecule has 0 saturated heterocycles. The summed E-state index contributed by atoms with van der Waals surface area (Å²) in [4.78, 5) is 13.2. The van der Waals surface area contributed by atoms with Gasteiger partial charge in [-0.15, -0.1) is 0 Å². The Balaban J connectivity index is 2.06. The lowest BCUT2D eigenvalue weighted by atomic mass is 10.2. The third-order valence-electron chi connectivity index (χ3n) is 3.17. The minimum atomic E-state index is 0.160. The Morgan fingerprint density at radius 2 is 1.81 bits per heavy atom. The van der Waals surface area contributed by atoms with E-state index in [2.05, 4.69) is 20.3 Å². The molecule has 2 heterocycles. The predicted octanol–water partition coefficient (Wildman–Crippen LogP) is 2.49. The van der Waals surface area contributed by atoms with Gasteiger partial charge >= 0.3 is 0 Å². The number of benzene rings is 1. The fourth-order valence-electron chi connectivity index (χ4n) is 2.13. The molecule has 0 aliphatic heterocycles. The Morgan fingerprint density at radius 3 is 2.62 bits per heavy atom. The first-order valence-electron chi connectivity index (χ1n) is 6.90. The molecule has 106 valence electrons. The maximum absolute atomic E-state index is 8.91. The van der Waals surface area contributed by atoms with E-state index < -0.39 is 0 Å². The van der Waals surface area contributed by atoms with E-state index in [0.717, 1.165) is 22.3 Å². The Hall–Kier alpha value is -2.53. The highest BCUT2D eigenvalue weighted by molar-refractivity contribution is 5.90. The highest BCUT2D eigenvalue weighted by Crippen LogP contribution is 2.24. The highest BCUT2D eigenvalue weighted by Gasteiger charge is 2.08. The number of nitrogens with zero attached hydrogens (tertiary/aromatic N) is 3. The molecule has 0 saturated carbocycles. The average Bonchev–Trinajstić information content (AvgIpc) is 2.55. The molecule has 1 aromatic carbocycles. The number of aromatic nitrogens is 3. The van der Waals surface area contributed by atoms with Crippen molar-refractivity contribution in [2.24, 2.45) is 0 Å². The molecule has 0 aliphatic rings. The zero-order valence-corrected chi connectivity index (χ0v) is 11.5. The minimum absolute atomic E-state index is 0.160. The van der Waals surface area contributed by atoms with E-state index in [1.807, 2.05) is 36.4 Å². The molecule has 0 amide bonds. The van der Waals surface area contributed by atoms with Crippen molar-refractivity contribution in [1.82, 2.24) is 15.0 Å². The van der Waals surface area contributed by atoms with Crippen molar-refractivity contribution < 1.29 is 5.11 Å². The number of nitrogens with one attached hydrogen (secondary N) is 1. The molecule has 2 aromatic heterocycles. The van der Waals surface area contributed by atoms with Gasteiger partial charge in [-0.25, -0.2) is 9.97 Å². The average molecular weight is 280 g/mol. The molecule has 0 aliphatic carbocycles. The van der Waals surface area contributed by atoms with Gasteiger partial charge in [-0.05, 0) is 30.7 Å². The van der Waals surface area contributed by atoms with E-state index in [1.54, 1.807) is 12.4 Å². The fraction of sp³-hybridized carbons (Fsp3) is 0.188. The minimum Gasteiger partial charge on any atom is -0.396 e. The van der Waals surface area contributed by atoms with Crippen LogP contribution in [0, 0.1) is 0 Å². The quantitative estimate of drug-likeness (QED) is 0.703. The molecule has 21 heavy (non-hydrogen) atoms. The lowest BCUT2D eigenvalue weighted by Crippen LogP contribution is -2.07. The van der Waals surface area contributed by atoms with Gasteiger partial charge in [0.15, 0.2) is 5.82 Å². The summed E-state index contributed by atoms with van der Waals surface area (Å²) in [5.74, 6) is 1.46. The molecule has 0 atom stereocenters. The van der Waals surface area contributed by atoms with Gasteiger partial charge in [0.1, 0.15) is 5.82 Å². The van der Waals surface area contributed by atoms with Crippen molar-refractivity contribution in [3.63, 3.8) is 0 Å². The third-order valence-corrected chi connectivity index (χ3v) is 3.17. The standard InChI is InChI=1S/C16H16N4O/c21-11-3-8-18-16-13-4-1-2-5-14(13)19-15(20-16)12-6-9-17-10-7-12/h1-2,4-7,9-10,21H,3,8,11H2,(H,18,19,20). The summed E-state index contributed by atoms with van der Waals surface area (Å²) in [6, 6.07) is 11.7. The molecular weight excluding hydrogens is 264 g/mol. The van der Waals surface area contributed by atoms with Crippen LogP contribution in [0.25, 0.3) is 22.3 Å². The van der Waals surface area contributed by atoms with Gasteiger partial charge in [0.2, 0.25) is 0 Å². The van der Waals surface area contributed by atoms with Crippen molar-refractivity contribution in [2.45, 2.75) is 6.42 Å². The number of rotatable bonds is 5. The van der Waals surface area contributed by atoms with Crippen LogP contribution in [0.5, 0.6) is 0 Å². The lowest BCUT2D eigenvalue weighted by Gasteiger charge is -2.10. The van der Waals surface area contributed by atoms with Crippen LogP contribution in [-0.2, 0) is 0 Å². The van der Waals surface area contributed by atoms with Gasteiger partial charge in [-0.1, -0.05) is 12.1 Å². The molecule has 0 bridgehead atoms. The first-order chi connectivity index (χ1) is 10.4. The van der Waals surface area contributed by atoms with Crippen LogP contribution in [0.15, 0.2) is 48.8 Å². The molecule has 3 rings (SSSR count). The second-order valence-electron chi connectivity index (χ2n) is 4.65. The van der Waals surface area contributed by atoms with Crippen molar-refractivity contribution in [3.8, 4) is 11.4 Å². The molecule has 2 N–H and O–H groups in total. The topological polar surface area (TPSA) is 70.9 Å². The van der Waals surface area contributed by atoms with E-state index >= 15 is 0 Å². The maximum Gasteiger partial charge on any atom is 0.162 e. The molecule has 0 radical (unpaired) electrons. The molecule has 5 heteroatoms. The van der Waals surface area contributed by atoms with Gasteiger partial charge in [-0.3, -0.25) is 4.98 Å². The zero-order valence-electron chi connectivity index (χ0n) is 11.5. The van der Waals surface area contributed by atoms with Crippen LogP contribution in [0.3, 0.4) is 0 Å². The largest absolute Gasteiger partial charge is 0.396 e. The summed E-state index contributed by atoms with van der Waals surface area (Å²) in [7, 11) is 0. The number of pyridine rings is 1. The normalized spacial score (nSPS) is 10.7. The zero-order chi connectivity index (χ0) is 14.5. The number of hydrogen-bond acceptors (Lipinski definition) is 5. The van der Waals surface area contributed by atoms with E-state index in [4.69, 9.17) is 5.11 Å². The van der Waals surface area contributed by atoms with E-state index in [-0.39, 0.29) is 6.61 Å². The number of fused-ring (bicyclic) bond motifs is 1. The molecule has 0 fully saturated rings. The Labute approximate surface area is 122 Å². The smallest absolute Gasteiger partial charge is 0.162 e. The van der Waals surface area contributed by atoms with Crippen LogP contribution in [0.1, 0.15) is 6.42 Å². The summed E-state index contributed by atoms with van der Waals surface area (Å²) >= 11 is 0. The molecule has 0 unspecified atom stereocenters. The van der Waals surface area contributed by atoms with E-state index in [9.17, 15) is 0 Å². The monoisotopic (exact) mass is 280 g/mol. The van der Waals surface area contributed by atoms with Crippen LogP contribution in [0.4, 0.5) is 5.82 Å². The van der Waals surface area contributed by atoms with Crippen molar-refractivity contribution >= 4 is 16.7 Å². The van der Waals surface area contributed by atoms with Gasteiger partial charge in [-0.2, -0.15) is 0 Å². The van der Waals surface area contributed by atoms with E-state index in [1.165, 1.54) is 0 Å². The molecular formula is C16H16N4O. The lowest BCUT2D eigenvalue weighted by molar-refractivity contribution is 0.292. The number of aliphatic hydroxyl groups is 1. The SMILES string of the molecule is OCCCNc1nc(-c2ccncc2)nc2ccccc12. The first kappa shape index (κ1) is 13.5. The highest BCUT2D eigenvalue weighted by atomic mass is 16.3. The van der Waals surface area contributed by atoms with Crippen LogP contribution in [0.2, 0.25) is 0 Å². The molecule has 0 spiro atoms. The summed E-state index contributed by atoms with van der Waals surface area (Å²) in [6.45, 7) is 0.834. The Morgan fingerprint density at radius 1 is 1.00 bits per heavy atom. The second-order valence-corrected chi connectivity index (χ2v) is 4.65. The van der Waals surface area contributed by atoms with Gasteiger partial charge in [0.25, 0.3) is 0 Å². The van der Waals surface area contributed by atoms with Gasteiger partial charge in [0.05, 0.1) is 5.52 Å². The number of aliphatic hydroxyl groups excluding tert-OH is 1. The number of hydrogen-bond donors (Lipinski definition) is 2. The van der Waals surface area contributed by atoms with Crippen molar-refractivity contribution in [1.29, 1.82) is 0 Å². The first-order valence-corrected chi connectivity index (χ1v) is 6.90. The van der Waals surface area contributed by atoms with Gasteiger partial charge < -0.3 is 10.4 Å². The van der Waals surface area contributed by atoms with Gasteiger partial charge in [0, 0.05) is 36.5 Å². The predicted molar refractivity (Wildman–Crippen MR) is 83.0 cm³/mol. The van der Waals surface area contributed by atoms with Crippen LogP contribution >= 0.6 is 0 Å². The van der Waals surface area contributed by atoms with Crippen LogP contribution in [-0.4, -0.2) is 33.2 Å². The fourth-order valence-corrected chi connectivity index (χ4v) is 2.13. The number of para-hydroxylation sites is 1. The third kappa shape index (κ3) is 2.98. The van der Waals surface area contributed by atoms with Crippen molar-refractivity contribution in [3.05, 3.63) is 48.8 Å². The number of anilines is 1. The van der Waals surface area contributed by atoms with Crippen molar-refractivity contribution in [2.75, 3.05) is 18.5 Å². The summed E-state index contributed by atoms with van der Waals surface area (Å²) < 4.78 is 0. The Kier molecular flexibility index (Phi) is 4.02. The van der Waals surface area contributed by atoms with E-state index in [0.29, 0.717) is 18.8 Å².